The van der Waals surface area contributed by atoms with Crippen molar-refractivity contribution in [3.8, 4) is 22.1 Å². The molecule has 0 fully saturated rings. The number of thiazole rings is 1. The number of ketones is 1. The molecule has 0 aliphatic heterocycles. The fourth-order valence-electron chi connectivity index (χ4n) is 2.41. The number of nitrogens with zero attached hydrogens (tertiary/aromatic N) is 1. The van der Waals surface area contributed by atoms with Crippen LogP contribution < -0.4 is 14.8 Å². The molecular formula is C20H18N2O4S. The molecule has 1 aromatic heterocycles. The lowest BCUT2D eigenvalue weighted by atomic mass is 10.1. The van der Waals surface area contributed by atoms with Crippen LogP contribution in [0.25, 0.3) is 10.6 Å². The maximum atomic E-state index is 12.1. The van der Waals surface area contributed by atoms with Crippen LogP contribution in [0.1, 0.15) is 17.3 Å². The van der Waals surface area contributed by atoms with Gasteiger partial charge in [-0.15, -0.1) is 11.3 Å². The molecule has 0 spiro atoms. The summed E-state index contributed by atoms with van der Waals surface area (Å²) >= 11 is 1.56. The number of anilines is 1. The smallest absolute Gasteiger partial charge is 0.262 e. The molecule has 27 heavy (non-hydrogen) atoms. The van der Waals surface area contributed by atoms with Gasteiger partial charge in [-0.25, -0.2) is 4.98 Å². The summed E-state index contributed by atoms with van der Waals surface area (Å²) in [5.41, 5.74) is 2.18. The summed E-state index contributed by atoms with van der Waals surface area (Å²) in [6.07, 6.45) is 1.75. The van der Waals surface area contributed by atoms with E-state index in [4.69, 9.17) is 9.47 Å². The molecule has 0 aliphatic carbocycles. The predicted molar refractivity (Wildman–Crippen MR) is 105 cm³/mol. The number of carbonyl (C=O) groups excluding carboxylic acids is 2. The van der Waals surface area contributed by atoms with E-state index in [0.29, 0.717) is 22.7 Å². The number of benzene rings is 2. The number of carbonyl (C=O) groups is 2. The zero-order valence-electron chi connectivity index (χ0n) is 14.9. The minimum Gasteiger partial charge on any atom is -0.493 e. The van der Waals surface area contributed by atoms with E-state index in [2.05, 4.69) is 10.3 Å². The van der Waals surface area contributed by atoms with Crippen molar-refractivity contribution in [3.05, 3.63) is 59.6 Å². The van der Waals surface area contributed by atoms with Gasteiger partial charge in [0.15, 0.2) is 23.9 Å². The van der Waals surface area contributed by atoms with Crippen molar-refractivity contribution in [3.63, 3.8) is 0 Å². The third-order valence-electron chi connectivity index (χ3n) is 3.78. The molecule has 0 aliphatic rings. The number of nitrogens with one attached hydrogen (secondary N) is 1. The second kappa shape index (κ2) is 8.46. The highest BCUT2D eigenvalue weighted by Gasteiger charge is 2.11. The van der Waals surface area contributed by atoms with Gasteiger partial charge in [-0.1, -0.05) is 0 Å². The molecular weight excluding hydrogens is 364 g/mol. The topological polar surface area (TPSA) is 77.5 Å². The molecule has 0 radical (unpaired) electrons. The first-order chi connectivity index (χ1) is 13.1. The van der Waals surface area contributed by atoms with Gasteiger partial charge in [0.05, 0.1) is 7.11 Å². The molecule has 2 aromatic carbocycles. The number of rotatable bonds is 7. The number of methoxy groups -OCH3 is 1. The van der Waals surface area contributed by atoms with Crippen LogP contribution >= 0.6 is 11.3 Å². The Bertz CT molecular complexity index is 937. The SMILES string of the molecule is COc1cc(C(C)=O)ccc1OCC(=O)Nc1ccc(-c2nccs2)cc1. The van der Waals surface area contributed by atoms with E-state index in [1.165, 1.54) is 14.0 Å². The molecule has 1 heterocycles. The third kappa shape index (κ3) is 4.71. The Kier molecular flexibility index (Phi) is 5.83. The fourth-order valence-corrected chi connectivity index (χ4v) is 3.05. The maximum Gasteiger partial charge on any atom is 0.262 e. The van der Waals surface area contributed by atoms with Crippen LogP contribution in [0.15, 0.2) is 54.0 Å². The van der Waals surface area contributed by atoms with E-state index in [0.717, 1.165) is 10.6 Å². The van der Waals surface area contributed by atoms with Crippen molar-refractivity contribution in [2.75, 3.05) is 19.0 Å². The van der Waals surface area contributed by atoms with Crippen LogP contribution in [0.5, 0.6) is 11.5 Å². The van der Waals surface area contributed by atoms with Crippen LogP contribution in [-0.2, 0) is 4.79 Å². The average Bonchev–Trinajstić information content (AvgIpc) is 3.21. The lowest BCUT2D eigenvalue weighted by Crippen LogP contribution is -2.20. The molecule has 7 heteroatoms. The minimum atomic E-state index is -0.297. The number of hydrogen-bond donors (Lipinski definition) is 1. The van der Waals surface area contributed by atoms with Gasteiger partial charge in [0.25, 0.3) is 5.91 Å². The zero-order chi connectivity index (χ0) is 19.2. The van der Waals surface area contributed by atoms with Crippen molar-refractivity contribution in [1.29, 1.82) is 0 Å². The van der Waals surface area contributed by atoms with Crippen molar-refractivity contribution < 1.29 is 19.1 Å². The highest BCUT2D eigenvalue weighted by molar-refractivity contribution is 7.13. The molecule has 1 amide bonds. The van der Waals surface area contributed by atoms with Gasteiger partial charge in [-0.3, -0.25) is 9.59 Å². The monoisotopic (exact) mass is 382 g/mol. The molecule has 6 nitrogen and oxygen atoms in total. The summed E-state index contributed by atoms with van der Waals surface area (Å²) in [5.74, 6) is 0.438. The van der Waals surface area contributed by atoms with Crippen LogP contribution in [0, 0.1) is 0 Å². The lowest BCUT2D eigenvalue weighted by molar-refractivity contribution is -0.118. The van der Waals surface area contributed by atoms with E-state index >= 15 is 0 Å². The molecule has 138 valence electrons. The lowest BCUT2D eigenvalue weighted by Gasteiger charge is -2.12. The highest BCUT2D eigenvalue weighted by Crippen LogP contribution is 2.28. The molecule has 3 aromatic rings. The van der Waals surface area contributed by atoms with Gasteiger partial charge >= 0.3 is 0 Å². The van der Waals surface area contributed by atoms with E-state index < -0.39 is 0 Å². The van der Waals surface area contributed by atoms with Crippen LogP contribution in [0.2, 0.25) is 0 Å². The molecule has 0 saturated heterocycles. The molecule has 3 rings (SSSR count). The highest BCUT2D eigenvalue weighted by atomic mass is 32.1. The van der Waals surface area contributed by atoms with Gasteiger partial charge in [-0.05, 0) is 49.4 Å². The van der Waals surface area contributed by atoms with Gasteiger partial charge in [0.1, 0.15) is 5.01 Å². The van der Waals surface area contributed by atoms with Crippen molar-refractivity contribution in [2.24, 2.45) is 0 Å². The number of amides is 1. The van der Waals surface area contributed by atoms with Gasteiger partial charge in [-0.2, -0.15) is 0 Å². The van der Waals surface area contributed by atoms with Crippen LogP contribution in [-0.4, -0.2) is 30.4 Å². The summed E-state index contributed by atoms with van der Waals surface area (Å²) < 4.78 is 10.7. The standard InChI is InChI=1S/C20H18N2O4S/c1-13(23)15-5-8-17(18(11-15)25-2)26-12-19(24)22-16-6-3-14(4-7-16)20-21-9-10-27-20/h3-11H,12H2,1-2H3,(H,22,24). The quantitative estimate of drug-likeness (QED) is 0.624. The molecule has 0 atom stereocenters. The first-order valence-corrected chi connectivity index (χ1v) is 9.06. The van der Waals surface area contributed by atoms with Crippen molar-refractivity contribution in [1.82, 2.24) is 4.98 Å². The predicted octanol–water partition coefficient (Wildman–Crippen LogP) is 4.04. The number of Topliss-reactive ketones (excluding diaryl/α,β-unsaturated/α-hetero) is 1. The maximum absolute atomic E-state index is 12.1. The van der Waals surface area contributed by atoms with Gasteiger partial charge < -0.3 is 14.8 Å². The second-order valence-electron chi connectivity index (χ2n) is 5.67. The molecule has 0 unspecified atom stereocenters. The summed E-state index contributed by atoms with van der Waals surface area (Å²) in [6.45, 7) is 1.30. The van der Waals surface area contributed by atoms with E-state index in [1.807, 2.05) is 29.6 Å². The molecule has 0 saturated carbocycles. The summed E-state index contributed by atoms with van der Waals surface area (Å²) in [6, 6.07) is 12.3. The Morgan fingerprint density at radius 2 is 1.89 bits per heavy atom. The summed E-state index contributed by atoms with van der Waals surface area (Å²) in [5, 5.41) is 5.62. The average molecular weight is 382 g/mol. The second-order valence-corrected chi connectivity index (χ2v) is 6.57. The van der Waals surface area contributed by atoms with Crippen molar-refractivity contribution >= 4 is 28.7 Å². The first kappa shape index (κ1) is 18.6. The normalized spacial score (nSPS) is 10.3. The number of hydrogen-bond acceptors (Lipinski definition) is 6. The van der Waals surface area contributed by atoms with Crippen LogP contribution in [0.4, 0.5) is 5.69 Å². The molecule has 1 N–H and O–H groups in total. The summed E-state index contributed by atoms with van der Waals surface area (Å²) in [4.78, 5) is 27.8. The molecule has 0 bridgehead atoms. The largest absolute Gasteiger partial charge is 0.493 e. The Morgan fingerprint density at radius 1 is 1.11 bits per heavy atom. The van der Waals surface area contributed by atoms with Crippen molar-refractivity contribution in [2.45, 2.75) is 6.92 Å². The third-order valence-corrected chi connectivity index (χ3v) is 4.60. The zero-order valence-corrected chi connectivity index (χ0v) is 15.7. The van der Waals surface area contributed by atoms with Crippen LogP contribution in [0.3, 0.4) is 0 Å². The minimum absolute atomic E-state index is 0.0706. The van der Waals surface area contributed by atoms with E-state index in [1.54, 1.807) is 35.7 Å². The Hall–Kier alpha value is -3.19. The van der Waals surface area contributed by atoms with Gasteiger partial charge in [0, 0.05) is 28.4 Å². The number of ether oxygens (including phenoxy) is 2. The Labute approximate surface area is 160 Å². The Morgan fingerprint density at radius 3 is 2.52 bits per heavy atom. The summed E-state index contributed by atoms with van der Waals surface area (Å²) in [7, 11) is 1.48. The first-order valence-electron chi connectivity index (χ1n) is 8.18. The van der Waals surface area contributed by atoms with E-state index in [9.17, 15) is 9.59 Å². The Balaban J connectivity index is 1.59. The number of aromatic nitrogens is 1. The van der Waals surface area contributed by atoms with E-state index in [-0.39, 0.29) is 18.3 Å². The fraction of sp³-hybridized carbons (Fsp3) is 0.150. The van der Waals surface area contributed by atoms with Gasteiger partial charge in [0.2, 0.25) is 0 Å².